The summed E-state index contributed by atoms with van der Waals surface area (Å²) in [5.74, 6) is 1.01. The maximum absolute atomic E-state index is 9.71. The number of benzene rings is 1. The number of hydrogen-bond acceptors (Lipinski definition) is 2. The van der Waals surface area contributed by atoms with Gasteiger partial charge in [0.05, 0.1) is 5.69 Å². The van der Waals surface area contributed by atoms with E-state index in [-0.39, 0.29) is 5.75 Å². The quantitative estimate of drug-likeness (QED) is 0.826. The van der Waals surface area contributed by atoms with Gasteiger partial charge in [0.25, 0.3) is 0 Å². The van der Waals surface area contributed by atoms with Crippen LogP contribution >= 0.6 is 0 Å². The highest BCUT2D eigenvalue weighted by Crippen LogP contribution is 2.40. The van der Waals surface area contributed by atoms with Crippen LogP contribution in [-0.4, -0.2) is 10.1 Å². The summed E-state index contributed by atoms with van der Waals surface area (Å²) in [4.78, 5) is 4.41. The van der Waals surface area contributed by atoms with Crippen molar-refractivity contribution >= 4 is 0 Å². The summed E-state index contributed by atoms with van der Waals surface area (Å²) in [5, 5.41) is 9.71. The molecular formula is C14H13NO. The molecule has 0 saturated heterocycles. The van der Waals surface area contributed by atoms with Crippen molar-refractivity contribution in [3.05, 3.63) is 48.2 Å². The minimum atomic E-state index is 0.286. The maximum atomic E-state index is 9.71. The Kier molecular flexibility index (Phi) is 2.13. The zero-order chi connectivity index (χ0) is 11.0. The smallest absolute Gasteiger partial charge is 0.124 e. The van der Waals surface area contributed by atoms with E-state index in [1.54, 1.807) is 6.07 Å². The van der Waals surface area contributed by atoms with Crippen LogP contribution < -0.4 is 0 Å². The molecule has 2 heteroatoms. The molecule has 0 aliphatic heterocycles. The Bertz CT molecular complexity index is 500. The summed E-state index contributed by atoms with van der Waals surface area (Å²) in [7, 11) is 0. The number of aromatic nitrogens is 1. The standard InChI is InChI=1S/C14H13NO/c16-14-4-2-1-3-12(14)13-8-7-11(9-15-13)10-5-6-10/h1-4,7-10,16H,5-6H2. The third-order valence-corrected chi connectivity index (χ3v) is 3.02. The molecule has 0 spiro atoms. The lowest BCUT2D eigenvalue weighted by Gasteiger charge is -2.04. The molecule has 1 aliphatic carbocycles. The first-order valence-electron chi connectivity index (χ1n) is 5.59. The first-order valence-corrected chi connectivity index (χ1v) is 5.59. The van der Waals surface area contributed by atoms with E-state index in [1.165, 1.54) is 18.4 Å². The predicted molar refractivity (Wildman–Crippen MR) is 63.3 cm³/mol. The van der Waals surface area contributed by atoms with Gasteiger partial charge in [0.2, 0.25) is 0 Å². The lowest BCUT2D eigenvalue weighted by Crippen LogP contribution is -1.86. The Morgan fingerprint density at radius 2 is 1.88 bits per heavy atom. The molecule has 0 radical (unpaired) electrons. The van der Waals surface area contributed by atoms with Gasteiger partial charge in [0, 0.05) is 11.8 Å². The second-order valence-corrected chi connectivity index (χ2v) is 4.27. The van der Waals surface area contributed by atoms with Gasteiger partial charge >= 0.3 is 0 Å². The predicted octanol–water partition coefficient (Wildman–Crippen LogP) is 3.33. The summed E-state index contributed by atoms with van der Waals surface area (Å²) in [5.41, 5.74) is 2.95. The monoisotopic (exact) mass is 211 g/mol. The molecule has 1 saturated carbocycles. The normalized spacial score (nSPS) is 15.0. The number of phenolic OH excluding ortho intramolecular Hbond substituents is 1. The van der Waals surface area contributed by atoms with E-state index in [0.29, 0.717) is 0 Å². The largest absolute Gasteiger partial charge is 0.507 e. The molecule has 0 unspecified atom stereocenters. The molecule has 0 bridgehead atoms. The average Bonchev–Trinajstić information content (AvgIpc) is 3.14. The van der Waals surface area contributed by atoms with Gasteiger partial charge in [-0.2, -0.15) is 0 Å². The minimum absolute atomic E-state index is 0.286. The molecule has 2 aromatic rings. The van der Waals surface area contributed by atoms with Crippen LogP contribution in [0.15, 0.2) is 42.6 Å². The van der Waals surface area contributed by atoms with Crippen LogP contribution in [0, 0.1) is 0 Å². The summed E-state index contributed by atoms with van der Waals surface area (Å²) >= 11 is 0. The van der Waals surface area contributed by atoms with Crippen molar-refractivity contribution in [2.24, 2.45) is 0 Å². The minimum Gasteiger partial charge on any atom is -0.507 e. The van der Waals surface area contributed by atoms with Crippen LogP contribution in [0.4, 0.5) is 0 Å². The second kappa shape index (κ2) is 3.63. The first kappa shape index (κ1) is 9.40. The first-order chi connectivity index (χ1) is 7.84. The molecule has 1 aliphatic rings. The highest BCUT2D eigenvalue weighted by Gasteiger charge is 2.23. The summed E-state index contributed by atoms with van der Waals surface area (Å²) in [6.45, 7) is 0. The van der Waals surface area contributed by atoms with Crippen molar-refractivity contribution < 1.29 is 5.11 Å². The summed E-state index contributed by atoms with van der Waals surface area (Å²) in [6, 6.07) is 11.4. The number of pyridine rings is 1. The molecule has 1 aromatic heterocycles. The highest BCUT2D eigenvalue weighted by molar-refractivity contribution is 5.66. The van der Waals surface area contributed by atoms with Gasteiger partial charge in [-0.3, -0.25) is 4.98 Å². The summed E-state index contributed by atoms with van der Waals surface area (Å²) < 4.78 is 0. The van der Waals surface area contributed by atoms with Gasteiger partial charge in [-0.1, -0.05) is 18.2 Å². The maximum Gasteiger partial charge on any atom is 0.124 e. The lowest BCUT2D eigenvalue weighted by molar-refractivity contribution is 0.477. The van der Waals surface area contributed by atoms with Gasteiger partial charge < -0.3 is 5.11 Å². The molecule has 3 rings (SSSR count). The fraction of sp³-hybridized carbons (Fsp3) is 0.214. The van der Waals surface area contributed by atoms with E-state index in [4.69, 9.17) is 0 Å². The zero-order valence-electron chi connectivity index (χ0n) is 8.93. The van der Waals surface area contributed by atoms with Gasteiger partial charge in [0.15, 0.2) is 0 Å². The van der Waals surface area contributed by atoms with Crippen LogP contribution in [-0.2, 0) is 0 Å². The fourth-order valence-corrected chi connectivity index (χ4v) is 1.91. The molecule has 2 nitrogen and oxygen atoms in total. The molecule has 16 heavy (non-hydrogen) atoms. The van der Waals surface area contributed by atoms with E-state index in [2.05, 4.69) is 11.1 Å². The van der Waals surface area contributed by atoms with E-state index in [9.17, 15) is 5.11 Å². The zero-order valence-corrected chi connectivity index (χ0v) is 8.93. The van der Waals surface area contributed by atoms with Crippen LogP contribution in [0.2, 0.25) is 0 Å². The van der Waals surface area contributed by atoms with Crippen molar-refractivity contribution in [3.8, 4) is 17.0 Å². The molecule has 1 aromatic carbocycles. The number of para-hydroxylation sites is 1. The van der Waals surface area contributed by atoms with Crippen molar-refractivity contribution in [1.29, 1.82) is 0 Å². The molecular weight excluding hydrogens is 198 g/mol. The lowest BCUT2D eigenvalue weighted by atomic mass is 10.1. The third kappa shape index (κ3) is 1.67. The molecule has 1 heterocycles. The number of phenols is 1. The van der Waals surface area contributed by atoms with Gasteiger partial charge in [-0.25, -0.2) is 0 Å². The van der Waals surface area contributed by atoms with E-state index in [0.717, 1.165) is 17.2 Å². The van der Waals surface area contributed by atoms with Crippen LogP contribution in [0.25, 0.3) is 11.3 Å². The Labute approximate surface area is 94.6 Å². The fourth-order valence-electron chi connectivity index (χ4n) is 1.91. The van der Waals surface area contributed by atoms with E-state index < -0.39 is 0 Å². The number of nitrogens with zero attached hydrogens (tertiary/aromatic N) is 1. The Hall–Kier alpha value is -1.83. The van der Waals surface area contributed by atoms with Crippen LogP contribution in [0.3, 0.4) is 0 Å². The molecule has 1 fully saturated rings. The molecule has 0 amide bonds. The second-order valence-electron chi connectivity index (χ2n) is 4.27. The molecule has 1 N–H and O–H groups in total. The Morgan fingerprint density at radius 1 is 1.06 bits per heavy atom. The van der Waals surface area contributed by atoms with Crippen molar-refractivity contribution in [2.45, 2.75) is 18.8 Å². The molecule has 80 valence electrons. The molecule has 0 atom stereocenters. The topological polar surface area (TPSA) is 33.1 Å². The number of hydrogen-bond donors (Lipinski definition) is 1. The van der Waals surface area contributed by atoms with E-state index >= 15 is 0 Å². The van der Waals surface area contributed by atoms with Gasteiger partial charge in [0.1, 0.15) is 5.75 Å². The highest BCUT2D eigenvalue weighted by atomic mass is 16.3. The number of rotatable bonds is 2. The van der Waals surface area contributed by atoms with Crippen molar-refractivity contribution in [1.82, 2.24) is 4.98 Å². The van der Waals surface area contributed by atoms with Crippen molar-refractivity contribution in [2.75, 3.05) is 0 Å². The average molecular weight is 211 g/mol. The Balaban J connectivity index is 1.97. The van der Waals surface area contributed by atoms with E-state index in [1.807, 2.05) is 30.5 Å². The van der Waals surface area contributed by atoms with Gasteiger partial charge in [-0.15, -0.1) is 0 Å². The van der Waals surface area contributed by atoms with Gasteiger partial charge in [-0.05, 0) is 42.5 Å². The van der Waals surface area contributed by atoms with Crippen LogP contribution in [0.1, 0.15) is 24.3 Å². The SMILES string of the molecule is Oc1ccccc1-c1ccc(C2CC2)cn1. The third-order valence-electron chi connectivity index (χ3n) is 3.02. The summed E-state index contributed by atoms with van der Waals surface area (Å²) in [6.07, 6.45) is 4.51. The number of aromatic hydroxyl groups is 1. The Morgan fingerprint density at radius 3 is 2.50 bits per heavy atom. The van der Waals surface area contributed by atoms with Crippen molar-refractivity contribution in [3.63, 3.8) is 0 Å². The van der Waals surface area contributed by atoms with Crippen LogP contribution in [0.5, 0.6) is 5.75 Å².